The third-order valence-electron chi connectivity index (χ3n) is 2.78. The fourth-order valence-corrected chi connectivity index (χ4v) is 2.18. The van der Waals surface area contributed by atoms with E-state index in [1.807, 2.05) is 24.3 Å². The molecule has 0 spiro atoms. The van der Waals surface area contributed by atoms with E-state index in [1.54, 1.807) is 25.3 Å². The van der Waals surface area contributed by atoms with Gasteiger partial charge in [0.1, 0.15) is 5.75 Å². The van der Waals surface area contributed by atoms with E-state index in [2.05, 4.69) is 10.3 Å². The summed E-state index contributed by atoms with van der Waals surface area (Å²) in [5.74, 6) is 0.176. The largest absolute Gasteiger partial charge is 0.507 e. The molecule has 21 heavy (non-hydrogen) atoms. The van der Waals surface area contributed by atoms with E-state index in [0.717, 1.165) is 11.4 Å². The first-order chi connectivity index (χ1) is 9.95. The van der Waals surface area contributed by atoms with E-state index in [0.29, 0.717) is 16.1 Å². The predicted octanol–water partition coefficient (Wildman–Crippen LogP) is 3.76. The molecule has 6 heteroatoms. The van der Waals surface area contributed by atoms with Crippen molar-refractivity contribution < 1.29 is 5.11 Å². The molecule has 0 radical (unpaired) electrons. The Labute approximate surface area is 133 Å². The highest BCUT2D eigenvalue weighted by molar-refractivity contribution is 7.80. The highest BCUT2D eigenvalue weighted by Crippen LogP contribution is 2.26. The SMILES string of the molecule is Cc1cc(Cl)cc(C=Nc2ccc(NC(N)=S)cc2)c1O. The molecule has 2 rings (SSSR count). The average Bonchev–Trinajstić information content (AvgIpc) is 2.42. The summed E-state index contributed by atoms with van der Waals surface area (Å²) in [6, 6.07) is 10.6. The zero-order chi connectivity index (χ0) is 15.4. The zero-order valence-corrected chi connectivity index (χ0v) is 12.9. The number of anilines is 1. The van der Waals surface area contributed by atoms with E-state index < -0.39 is 0 Å². The van der Waals surface area contributed by atoms with Gasteiger partial charge in [0, 0.05) is 22.5 Å². The first-order valence-corrected chi connectivity index (χ1v) is 6.94. The smallest absolute Gasteiger partial charge is 0.168 e. The number of thiocarbonyl (C=S) groups is 1. The van der Waals surface area contributed by atoms with E-state index in [-0.39, 0.29) is 10.9 Å². The van der Waals surface area contributed by atoms with Crippen LogP contribution in [0.15, 0.2) is 41.4 Å². The zero-order valence-electron chi connectivity index (χ0n) is 11.3. The van der Waals surface area contributed by atoms with Gasteiger partial charge in [-0.25, -0.2) is 0 Å². The lowest BCUT2D eigenvalue weighted by atomic mass is 10.1. The van der Waals surface area contributed by atoms with Crippen LogP contribution in [0.5, 0.6) is 5.75 Å². The third-order valence-corrected chi connectivity index (χ3v) is 3.10. The average molecular weight is 320 g/mol. The number of hydrogen-bond donors (Lipinski definition) is 3. The molecule has 0 amide bonds. The topological polar surface area (TPSA) is 70.6 Å². The number of nitrogens with zero attached hydrogens (tertiary/aromatic N) is 1. The molecule has 0 aliphatic carbocycles. The van der Waals surface area contributed by atoms with Crippen molar-refractivity contribution in [3.05, 3.63) is 52.5 Å². The van der Waals surface area contributed by atoms with Gasteiger partial charge in [-0.1, -0.05) is 11.6 Å². The first kappa shape index (κ1) is 15.3. The number of halogens is 1. The monoisotopic (exact) mass is 319 g/mol. The number of hydrogen-bond acceptors (Lipinski definition) is 3. The number of nitrogens with one attached hydrogen (secondary N) is 1. The maximum absolute atomic E-state index is 9.96. The normalized spacial score (nSPS) is 10.8. The molecule has 0 unspecified atom stereocenters. The fraction of sp³-hybridized carbons (Fsp3) is 0.0667. The van der Waals surface area contributed by atoms with Crippen molar-refractivity contribution in [1.82, 2.24) is 0 Å². The van der Waals surface area contributed by atoms with Gasteiger partial charge in [0.2, 0.25) is 0 Å². The van der Waals surface area contributed by atoms with E-state index in [9.17, 15) is 5.11 Å². The summed E-state index contributed by atoms with van der Waals surface area (Å²) in [5, 5.41) is 13.6. The van der Waals surface area contributed by atoms with E-state index in [4.69, 9.17) is 29.6 Å². The van der Waals surface area contributed by atoms with Crippen LogP contribution in [0.1, 0.15) is 11.1 Å². The molecule has 0 bridgehead atoms. The molecule has 4 N–H and O–H groups in total. The number of nitrogens with two attached hydrogens (primary N) is 1. The quantitative estimate of drug-likeness (QED) is 0.595. The molecule has 0 saturated carbocycles. The van der Waals surface area contributed by atoms with Gasteiger partial charge in [-0.15, -0.1) is 0 Å². The summed E-state index contributed by atoms with van der Waals surface area (Å²) < 4.78 is 0. The molecule has 2 aromatic carbocycles. The van der Waals surface area contributed by atoms with Crippen molar-refractivity contribution in [3.63, 3.8) is 0 Å². The Bertz CT molecular complexity index is 699. The molecule has 0 aromatic heterocycles. The van der Waals surface area contributed by atoms with Crippen LogP contribution in [0.2, 0.25) is 5.02 Å². The summed E-state index contributed by atoms with van der Waals surface area (Å²) in [5.41, 5.74) is 8.21. The van der Waals surface area contributed by atoms with Gasteiger partial charge in [-0.3, -0.25) is 4.99 Å². The number of aliphatic imine (C=N–C) groups is 1. The molecule has 4 nitrogen and oxygen atoms in total. The Morgan fingerprint density at radius 1 is 1.33 bits per heavy atom. The lowest BCUT2D eigenvalue weighted by Crippen LogP contribution is -2.18. The van der Waals surface area contributed by atoms with Crippen LogP contribution in [-0.2, 0) is 0 Å². The van der Waals surface area contributed by atoms with Crippen molar-refractivity contribution in [1.29, 1.82) is 0 Å². The van der Waals surface area contributed by atoms with Crippen molar-refractivity contribution in [2.24, 2.45) is 10.7 Å². The molecule has 0 fully saturated rings. The maximum atomic E-state index is 9.96. The molecule has 0 heterocycles. The summed E-state index contributed by atoms with van der Waals surface area (Å²) in [6.07, 6.45) is 1.57. The number of rotatable bonds is 3. The maximum Gasteiger partial charge on any atom is 0.168 e. The van der Waals surface area contributed by atoms with Crippen molar-refractivity contribution in [2.75, 3.05) is 5.32 Å². The van der Waals surface area contributed by atoms with Crippen LogP contribution in [0.25, 0.3) is 0 Å². The minimum atomic E-state index is 0.176. The van der Waals surface area contributed by atoms with Crippen LogP contribution in [0.3, 0.4) is 0 Å². The molecule has 0 aliphatic rings. The van der Waals surface area contributed by atoms with Crippen LogP contribution < -0.4 is 11.1 Å². The first-order valence-electron chi connectivity index (χ1n) is 6.15. The Kier molecular flexibility index (Phi) is 4.77. The van der Waals surface area contributed by atoms with Crippen molar-refractivity contribution in [3.8, 4) is 5.75 Å². The Morgan fingerprint density at radius 3 is 2.62 bits per heavy atom. The summed E-state index contributed by atoms with van der Waals surface area (Å²) in [7, 11) is 0. The van der Waals surface area contributed by atoms with Crippen LogP contribution >= 0.6 is 23.8 Å². The van der Waals surface area contributed by atoms with Crippen LogP contribution in [-0.4, -0.2) is 16.4 Å². The second-order valence-electron chi connectivity index (χ2n) is 4.45. The molecular formula is C15H14ClN3OS. The van der Waals surface area contributed by atoms with Crippen molar-refractivity contribution >= 4 is 46.5 Å². The molecule has 108 valence electrons. The number of aryl methyl sites for hydroxylation is 1. The minimum absolute atomic E-state index is 0.176. The predicted molar refractivity (Wildman–Crippen MR) is 92.0 cm³/mol. The number of phenols is 1. The highest BCUT2D eigenvalue weighted by atomic mass is 35.5. The Morgan fingerprint density at radius 2 is 2.00 bits per heavy atom. The number of phenolic OH excluding ortho intramolecular Hbond substituents is 1. The lowest BCUT2D eigenvalue weighted by Gasteiger charge is -2.05. The van der Waals surface area contributed by atoms with E-state index in [1.165, 1.54) is 0 Å². The second-order valence-corrected chi connectivity index (χ2v) is 5.33. The molecule has 0 atom stereocenters. The summed E-state index contributed by atoms with van der Waals surface area (Å²) in [6.45, 7) is 1.79. The van der Waals surface area contributed by atoms with Crippen LogP contribution in [0.4, 0.5) is 11.4 Å². The van der Waals surface area contributed by atoms with Gasteiger partial charge in [0.05, 0.1) is 5.69 Å². The summed E-state index contributed by atoms with van der Waals surface area (Å²) >= 11 is 10.7. The molecular weight excluding hydrogens is 306 g/mol. The third kappa shape index (κ3) is 4.18. The highest BCUT2D eigenvalue weighted by Gasteiger charge is 2.04. The standard InChI is InChI=1S/C15H14ClN3OS/c1-9-6-11(16)7-10(14(9)20)8-18-12-2-4-13(5-3-12)19-15(17)21/h2-8,20H,1H3,(H3,17,19,21). The molecule has 2 aromatic rings. The van der Waals surface area contributed by atoms with Gasteiger partial charge in [-0.2, -0.15) is 0 Å². The van der Waals surface area contributed by atoms with Gasteiger partial charge in [-0.05, 0) is 61.1 Å². The van der Waals surface area contributed by atoms with Crippen LogP contribution in [0, 0.1) is 6.92 Å². The van der Waals surface area contributed by atoms with Gasteiger partial charge >= 0.3 is 0 Å². The Balaban J connectivity index is 2.20. The van der Waals surface area contributed by atoms with E-state index >= 15 is 0 Å². The number of aromatic hydroxyl groups is 1. The summed E-state index contributed by atoms with van der Waals surface area (Å²) in [4.78, 5) is 4.30. The molecule has 0 saturated heterocycles. The van der Waals surface area contributed by atoms with Gasteiger partial charge in [0.15, 0.2) is 5.11 Å². The second kappa shape index (κ2) is 6.56. The molecule has 0 aliphatic heterocycles. The number of benzene rings is 2. The van der Waals surface area contributed by atoms with Gasteiger partial charge in [0.25, 0.3) is 0 Å². The fourth-order valence-electron chi connectivity index (χ4n) is 1.78. The van der Waals surface area contributed by atoms with Gasteiger partial charge < -0.3 is 16.2 Å². The van der Waals surface area contributed by atoms with Crippen molar-refractivity contribution in [2.45, 2.75) is 6.92 Å². The Hall–Kier alpha value is -2.11. The minimum Gasteiger partial charge on any atom is -0.507 e. The lowest BCUT2D eigenvalue weighted by molar-refractivity contribution is 0.470.